The van der Waals surface area contributed by atoms with Gasteiger partial charge in [0.2, 0.25) is 0 Å². The Morgan fingerprint density at radius 3 is 2.35 bits per heavy atom. The number of carbonyl (C=O) groups is 1. The first-order chi connectivity index (χ1) is 9.58. The first-order valence-corrected chi connectivity index (χ1v) is 6.40. The summed E-state index contributed by atoms with van der Waals surface area (Å²) in [5.41, 5.74) is 10.7. The van der Waals surface area contributed by atoms with Crippen LogP contribution in [0, 0.1) is 0 Å². The second-order valence-corrected chi connectivity index (χ2v) is 4.96. The Labute approximate surface area is 117 Å². The van der Waals surface area contributed by atoms with Crippen LogP contribution in [0.15, 0.2) is 54.6 Å². The minimum absolute atomic E-state index is 0.185. The number of nitrogens with one attached hydrogen (secondary N) is 2. The maximum absolute atomic E-state index is 12.2. The molecule has 1 aliphatic rings. The number of rotatable bonds is 2. The number of hydrogen-bond acceptors (Lipinski definition) is 3. The predicted octanol–water partition coefficient (Wildman–Crippen LogP) is 2.18. The molecule has 1 fully saturated rings. The van der Waals surface area contributed by atoms with Gasteiger partial charge in [0.25, 0.3) is 0 Å². The van der Waals surface area contributed by atoms with Gasteiger partial charge in [-0.1, -0.05) is 30.3 Å². The van der Waals surface area contributed by atoms with Crippen LogP contribution in [0.3, 0.4) is 0 Å². The molecule has 0 saturated carbocycles. The fraction of sp³-hybridized carbons (Fsp3) is 0.133. The Kier molecular flexibility index (Phi) is 2.84. The number of nitrogens with zero attached hydrogens (tertiary/aromatic N) is 1. The van der Waals surface area contributed by atoms with Crippen LogP contribution in [-0.2, 0) is 5.66 Å². The number of nitrogen functional groups attached to an aromatic ring is 1. The summed E-state index contributed by atoms with van der Waals surface area (Å²) in [4.78, 5) is 12.2. The highest BCUT2D eigenvalue weighted by atomic mass is 16.2. The molecule has 0 aromatic heterocycles. The smallest absolute Gasteiger partial charge is 0.338 e. The van der Waals surface area contributed by atoms with E-state index >= 15 is 0 Å². The summed E-state index contributed by atoms with van der Waals surface area (Å²) < 4.78 is 0. The van der Waals surface area contributed by atoms with Crippen LogP contribution >= 0.6 is 0 Å². The molecule has 1 saturated heterocycles. The number of nitrogens with two attached hydrogens (primary N) is 1. The molecular weight excluding hydrogens is 252 g/mol. The van der Waals surface area contributed by atoms with E-state index in [-0.39, 0.29) is 6.03 Å². The van der Waals surface area contributed by atoms with Crippen molar-refractivity contribution in [3.8, 4) is 0 Å². The van der Waals surface area contributed by atoms with Gasteiger partial charge in [-0.2, -0.15) is 5.43 Å². The van der Waals surface area contributed by atoms with E-state index in [0.29, 0.717) is 5.69 Å². The molecule has 20 heavy (non-hydrogen) atoms. The molecule has 102 valence electrons. The van der Waals surface area contributed by atoms with Gasteiger partial charge in [0, 0.05) is 5.69 Å². The summed E-state index contributed by atoms with van der Waals surface area (Å²) in [6.07, 6.45) is 0. The maximum Gasteiger partial charge on any atom is 0.338 e. The molecule has 0 bridgehead atoms. The molecule has 1 heterocycles. The zero-order chi connectivity index (χ0) is 14.2. The average molecular weight is 268 g/mol. The highest BCUT2D eigenvalue weighted by Gasteiger charge is 2.40. The lowest BCUT2D eigenvalue weighted by Gasteiger charge is -2.25. The zero-order valence-electron chi connectivity index (χ0n) is 11.1. The number of benzene rings is 2. The molecule has 5 nitrogen and oxygen atoms in total. The minimum atomic E-state index is -0.652. The fourth-order valence-corrected chi connectivity index (χ4v) is 2.28. The number of amides is 2. The number of carbonyl (C=O) groups excluding carboxylic acids is 1. The molecule has 2 aromatic carbocycles. The van der Waals surface area contributed by atoms with Crippen LogP contribution in [0.1, 0.15) is 12.5 Å². The van der Waals surface area contributed by atoms with Gasteiger partial charge in [-0.25, -0.2) is 9.80 Å². The van der Waals surface area contributed by atoms with Crippen LogP contribution in [0.4, 0.5) is 16.2 Å². The lowest BCUT2D eigenvalue weighted by atomic mass is 10.0. The number of hydrazine groups is 1. The summed E-state index contributed by atoms with van der Waals surface area (Å²) >= 11 is 0. The number of urea groups is 1. The van der Waals surface area contributed by atoms with E-state index in [2.05, 4.69) is 10.7 Å². The van der Waals surface area contributed by atoms with Crippen LogP contribution in [0.5, 0.6) is 0 Å². The van der Waals surface area contributed by atoms with Gasteiger partial charge in [0.15, 0.2) is 0 Å². The molecule has 1 unspecified atom stereocenters. The second-order valence-electron chi connectivity index (χ2n) is 4.96. The van der Waals surface area contributed by atoms with E-state index in [1.165, 1.54) is 5.01 Å². The standard InChI is InChI=1S/C15H16N4O/c1-15(11-7-9-12(16)10-8-11)17-14(20)19(18-15)13-5-3-2-4-6-13/h2-10,18H,16H2,1H3,(H,17,20). The topological polar surface area (TPSA) is 70.4 Å². The Morgan fingerprint density at radius 1 is 1.05 bits per heavy atom. The van der Waals surface area contributed by atoms with Gasteiger partial charge in [-0.3, -0.25) is 0 Å². The summed E-state index contributed by atoms with van der Waals surface area (Å²) in [5, 5.41) is 4.46. The molecule has 2 amide bonds. The van der Waals surface area contributed by atoms with Crippen molar-refractivity contribution in [1.29, 1.82) is 0 Å². The Hall–Kier alpha value is -2.53. The lowest BCUT2D eigenvalue weighted by Crippen LogP contribution is -2.45. The molecule has 0 radical (unpaired) electrons. The fourth-order valence-electron chi connectivity index (χ4n) is 2.28. The number of anilines is 2. The highest BCUT2D eigenvalue weighted by Crippen LogP contribution is 2.26. The van der Waals surface area contributed by atoms with Crippen molar-refractivity contribution in [3.05, 3.63) is 60.2 Å². The highest BCUT2D eigenvalue weighted by molar-refractivity contribution is 5.93. The lowest BCUT2D eigenvalue weighted by molar-refractivity contribution is 0.248. The number of para-hydroxylation sites is 1. The summed E-state index contributed by atoms with van der Waals surface area (Å²) in [6.45, 7) is 1.92. The summed E-state index contributed by atoms with van der Waals surface area (Å²) in [5.74, 6) is 0. The van der Waals surface area contributed by atoms with Gasteiger partial charge in [-0.05, 0) is 36.8 Å². The molecule has 0 spiro atoms. The van der Waals surface area contributed by atoms with Gasteiger partial charge in [0.1, 0.15) is 5.66 Å². The molecule has 3 rings (SSSR count). The van der Waals surface area contributed by atoms with E-state index in [0.717, 1.165) is 11.3 Å². The molecule has 1 atom stereocenters. The van der Waals surface area contributed by atoms with Crippen LogP contribution < -0.4 is 21.5 Å². The molecule has 1 aliphatic heterocycles. The van der Waals surface area contributed by atoms with Crippen molar-refractivity contribution in [2.75, 3.05) is 10.7 Å². The van der Waals surface area contributed by atoms with Crippen molar-refractivity contribution < 1.29 is 4.79 Å². The summed E-state index contributed by atoms with van der Waals surface area (Å²) in [7, 11) is 0. The Morgan fingerprint density at radius 2 is 1.70 bits per heavy atom. The molecule has 0 aliphatic carbocycles. The third kappa shape index (κ3) is 2.08. The first-order valence-electron chi connectivity index (χ1n) is 6.40. The van der Waals surface area contributed by atoms with Gasteiger partial charge in [-0.15, -0.1) is 0 Å². The molecule has 4 N–H and O–H groups in total. The second kappa shape index (κ2) is 4.54. The van der Waals surface area contributed by atoms with Crippen molar-refractivity contribution in [2.45, 2.75) is 12.6 Å². The summed E-state index contributed by atoms with van der Waals surface area (Å²) in [6, 6.07) is 16.7. The van der Waals surface area contributed by atoms with Crippen molar-refractivity contribution in [3.63, 3.8) is 0 Å². The van der Waals surface area contributed by atoms with E-state index in [9.17, 15) is 4.79 Å². The van der Waals surface area contributed by atoms with Gasteiger partial charge >= 0.3 is 6.03 Å². The van der Waals surface area contributed by atoms with Crippen LogP contribution in [0.25, 0.3) is 0 Å². The van der Waals surface area contributed by atoms with E-state index in [1.807, 2.05) is 61.5 Å². The first kappa shape index (κ1) is 12.5. The quantitative estimate of drug-likeness (QED) is 0.731. The molecular formula is C15H16N4O. The normalized spacial score (nSPS) is 21.9. The molecule has 5 heteroatoms. The Balaban J connectivity index is 1.91. The SMILES string of the molecule is CC1(c2ccc(N)cc2)NC(=O)N(c2ccccc2)N1. The monoisotopic (exact) mass is 268 g/mol. The Bertz CT molecular complexity index is 626. The van der Waals surface area contributed by atoms with Gasteiger partial charge < -0.3 is 11.1 Å². The predicted molar refractivity (Wildman–Crippen MR) is 78.8 cm³/mol. The van der Waals surface area contributed by atoms with Crippen LogP contribution in [0.2, 0.25) is 0 Å². The largest absolute Gasteiger partial charge is 0.399 e. The van der Waals surface area contributed by atoms with E-state index in [1.54, 1.807) is 0 Å². The minimum Gasteiger partial charge on any atom is -0.399 e. The third-order valence-electron chi connectivity index (χ3n) is 3.40. The van der Waals surface area contributed by atoms with Crippen molar-refractivity contribution >= 4 is 17.4 Å². The average Bonchev–Trinajstić information content (AvgIpc) is 2.77. The van der Waals surface area contributed by atoms with E-state index in [4.69, 9.17) is 5.73 Å². The van der Waals surface area contributed by atoms with Crippen molar-refractivity contribution in [2.24, 2.45) is 0 Å². The van der Waals surface area contributed by atoms with Gasteiger partial charge in [0.05, 0.1) is 5.69 Å². The number of hydrogen-bond donors (Lipinski definition) is 3. The maximum atomic E-state index is 12.2. The third-order valence-corrected chi connectivity index (χ3v) is 3.40. The zero-order valence-corrected chi connectivity index (χ0v) is 11.1. The van der Waals surface area contributed by atoms with Crippen molar-refractivity contribution in [1.82, 2.24) is 10.7 Å². The van der Waals surface area contributed by atoms with Crippen LogP contribution in [-0.4, -0.2) is 6.03 Å². The molecule has 2 aromatic rings. The van der Waals surface area contributed by atoms with E-state index < -0.39 is 5.66 Å².